The molecular weight excluding hydrogens is 234 g/mol. The van der Waals surface area contributed by atoms with Gasteiger partial charge in [-0.2, -0.15) is 5.10 Å². The van der Waals surface area contributed by atoms with E-state index in [4.69, 9.17) is 5.73 Å². The summed E-state index contributed by atoms with van der Waals surface area (Å²) < 4.78 is 2.16. The van der Waals surface area contributed by atoms with Crippen molar-refractivity contribution < 1.29 is 0 Å². The van der Waals surface area contributed by atoms with E-state index in [0.29, 0.717) is 12.0 Å². The molecule has 0 unspecified atom stereocenters. The number of aryl methyl sites for hydroxylation is 2. The van der Waals surface area contributed by atoms with Crippen molar-refractivity contribution in [1.29, 1.82) is 0 Å². The summed E-state index contributed by atoms with van der Waals surface area (Å²) in [4.78, 5) is 0. The van der Waals surface area contributed by atoms with Crippen molar-refractivity contribution in [3.05, 3.63) is 17.0 Å². The molecular formula is C16H25N3. The van der Waals surface area contributed by atoms with Crippen LogP contribution >= 0.6 is 0 Å². The molecule has 3 heteroatoms. The zero-order valence-electron chi connectivity index (χ0n) is 12.2. The monoisotopic (exact) mass is 259 g/mol. The highest BCUT2D eigenvalue weighted by Crippen LogP contribution is 2.61. The molecule has 0 spiro atoms. The molecule has 0 atom stereocenters. The Labute approximate surface area is 115 Å². The zero-order chi connectivity index (χ0) is 13.2. The van der Waals surface area contributed by atoms with E-state index in [9.17, 15) is 0 Å². The highest BCUT2D eigenvalue weighted by atomic mass is 15.3. The van der Waals surface area contributed by atoms with E-state index in [1.54, 1.807) is 0 Å². The zero-order valence-corrected chi connectivity index (χ0v) is 12.2. The van der Waals surface area contributed by atoms with Gasteiger partial charge in [-0.25, -0.2) is 0 Å². The lowest BCUT2D eigenvalue weighted by Gasteiger charge is -2.57. The molecule has 104 valence electrons. The molecule has 4 aliphatic carbocycles. The van der Waals surface area contributed by atoms with E-state index in [-0.39, 0.29) is 0 Å². The second-order valence-corrected chi connectivity index (χ2v) is 7.44. The van der Waals surface area contributed by atoms with Crippen LogP contribution in [0, 0.1) is 24.7 Å². The third-order valence-corrected chi connectivity index (χ3v) is 6.09. The maximum Gasteiger partial charge on any atom is 0.0641 e. The first kappa shape index (κ1) is 12.0. The molecule has 4 fully saturated rings. The van der Waals surface area contributed by atoms with Gasteiger partial charge < -0.3 is 5.73 Å². The van der Waals surface area contributed by atoms with Crippen LogP contribution in [0.1, 0.15) is 55.5 Å². The summed E-state index contributed by atoms with van der Waals surface area (Å²) in [6.07, 6.45) is 8.66. The maximum atomic E-state index is 6.03. The molecule has 3 nitrogen and oxygen atoms in total. The molecule has 0 aliphatic heterocycles. The third-order valence-electron chi connectivity index (χ3n) is 6.09. The van der Waals surface area contributed by atoms with Crippen molar-refractivity contribution in [2.45, 2.75) is 57.4 Å². The molecule has 0 radical (unpaired) electrons. The second kappa shape index (κ2) is 3.85. The van der Waals surface area contributed by atoms with Gasteiger partial charge in [-0.3, -0.25) is 4.68 Å². The van der Waals surface area contributed by atoms with Crippen LogP contribution in [0.2, 0.25) is 0 Å². The Kier molecular flexibility index (Phi) is 2.42. The van der Waals surface area contributed by atoms with Crippen LogP contribution in [0.5, 0.6) is 0 Å². The Balaban J connectivity index is 1.83. The minimum atomic E-state index is 0.416. The Morgan fingerprint density at radius 3 is 2.16 bits per heavy atom. The van der Waals surface area contributed by atoms with E-state index in [1.165, 1.54) is 49.8 Å². The Hall–Kier alpha value is -0.830. The van der Waals surface area contributed by atoms with Crippen LogP contribution in [0.4, 0.5) is 0 Å². The first-order valence-electron chi connectivity index (χ1n) is 7.84. The summed E-state index contributed by atoms with van der Waals surface area (Å²) in [5.74, 6) is 2.94. The number of nitrogens with zero attached hydrogens (tertiary/aromatic N) is 2. The predicted octanol–water partition coefficient (Wildman–Crippen LogP) is 2.66. The maximum absolute atomic E-state index is 6.03. The van der Waals surface area contributed by atoms with Crippen LogP contribution < -0.4 is 5.73 Å². The van der Waals surface area contributed by atoms with E-state index < -0.39 is 0 Å². The molecule has 0 amide bonds. The van der Waals surface area contributed by atoms with E-state index >= 15 is 0 Å². The van der Waals surface area contributed by atoms with Crippen LogP contribution in [0.3, 0.4) is 0 Å². The van der Waals surface area contributed by atoms with Gasteiger partial charge in [0.05, 0.1) is 5.69 Å². The molecule has 0 saturated heterocycles. The molecule has 4 saturated carbocycles. The SMILES string of the molecule is Cc1nn(C)c(C23CC4CC(CC(C4)C2)C3)c1CN. The van der Waals surface area contributed by atoms with Crippen molar-refractivity contribution in [3.8, 4) is 0 Å². The Bertz CT molecular complexity index is 479. The fraction of sp³-hybridized carbons (Fsp3) is 0.812. The average molecular weight is 259 g/mol. The molecule has 1 heterocycles. The molecule has 0 aromatic carbocycles. The number of hydrogen-bond acceptors (Lipinski definition) is 2. The lowest BCUT2D eigenvalue weighted by atomic mass is 9.48. The average Bonchev–Trinajstić information content (AvgIpc) is 2.62. The summed E-state index contributed by atoms with van der Waals surface area (Å²) in [5, 5.41) is 4.68. The fourth-order valence-corrected chi connectivity index (χ4v) is 6.01. The van der Waals surface area contributed by atoms with Crippen LogP contribution in [0.25, 0.3) is 0 Å². The van der Waals surface area contributed by atoms with Gasteiger partial charge in [0.25, 0.3) is 0 Å². The summed E-state index contributed by atoms with van der Waals surface area (Å²) in [7, 11) is 2.13. The molecule has 1 aromatic rings. The van der Waals surface area contributed by atoms with Gasteiger partial charge in [0.1, 0.15) is 0 Å². The molecule has 4 bridgehead atoms. The highest BCUT2D eigenvalue weighted by Gasteiger charge is 2.53. The van der Waals surface area contributed by atoms with Crippen molar-refractivity contribution in [2.24, 2.45) is 30.5 Å². The molecule has 2 N–H and O–H groups in total. The van der Waals surface area contributed by atoms with Crippen LogP contribution in [0.15, 0.2) is 0 Å². The Morgan fingerprint density at radius 1 is 1.16 bits per heavy atom. The van der Waals surface area contributed by atoms with Crippen LogP contribution in [-0.2, 0) is 19.0 Å². The van der Waals surface area contributed by atoms with E-state index in [0.717, 1.165) is 23.4 Å². The second-order valence-electron chi connectivity index (χ2n) is 7.44. The van der Waals surface area contributed by atoms with Crippen molar-refractivity contribution >= 4 is 0 Å². The first-order valence-corrected chi connectivity index (χ1v) is 7.84. The fourth-order valence-electron chi connectivity index (χ4n) is 6.01. The number of hydrogen-bond donors (Lipinski definition) is 1. The molecule has 19 heavy (non-hydrogen) atoms. The number of nitrogens with two attached hydrogens (primary N) is 1. The van der Waals surface area contributed by atoms with Gasteiger partial charge in [-0.15, -0.1) is 0 Å². The van der Waals surface area contributed by atoms with E-state index in [2.05, 4.69) is 23.8 Å². The van der Waals surface area contributed by atoms with Crippen molar-refractivity contribution in [2.75, 3.05) is 0 Å². The minimum Gasteiger partial charge on any atom is -0.326 e. The standard InChI is InChI=1S/C16H25N3/c1-10-14(9-17)15(19(2)18-10)16-6-11-3-12(7-16)5-13(4-11)8-16/h11-13H,3-9,17H2,1-2H3. The lowest BCUT2D eigenvalue weighted by molar-refractivity contribution is -0.00928. The van der Waals surface area contributed by atoms with Gasteiger partial charge >= 0.3 is 0 Å². The summed E-state index contributed by atoms with van der Waals surface area (Å²) >= 11 is 0. The lowest BCUT2D eigenvalue weighted by Crippen LogP contribution is -2.49. The summed E-state index contributed by atoms with van der Waals surface area (Å²) in [6, 6.07) is 0. The van der Waals surface area contributed by atoms with Crippen LogP contribution in [-0.4, -0.2) is 9.78 Å². The van der Waals surface area contributed by atoms with Crippen molar-refractivity contribution in [1.82, 2.24) is 9.78 Å². The minimum absolute atomic E-state index is 0.416. The normalized spacial score (nSPS) is 40.1. The molecule has 1 aromatic heterocycles. The topological polar surface area (TPSA) is 43.8 Å². The third kappa shape index (κ3) is 1.57. The summed E-state index contributed by atoms with van der Waals surface area (Å²) in [5.41, 5.74) is 10.4. The largest absolute Gasteiger partial charge is 0.326 e. The number of rotatable bonds is 2. The van der Waals surface area contributed by atoms with Gasteiger partial charge in [0.2, 0.25) is 0 Å². The predicted molar refractivity (Wildman–Crippen MR) is 75.7 cm³/mol. The van der Waals surface area contributed by atoms with Gasteiger partial charge in [-0.05, 0) is 63.2 Å². The summed E-state index contributed by atoms with van der Waals surface area (Å²) in [6.45, 7) is 2.77. The number of aromatic nitrogens is 2. The van der Waals surface area contributed by atoms with Gasteiger partial charge in [-0.1, -0.05) is 0 Å². The quantitative estimate of drug-likeness (QED) is 0.887. The smallest absolute Gasteiger partial charge is 0.0641 e. The molecule has 5 rings (SSSR count). The highest BCUT2D eigenvalue weighted by molar-refractivity contribution is 5.34. The van der Waals surface area contributed by atoms with Crippen molar-refractivity contribution in [3.63, 3.8) is 0 Å². The first-order chi connectivity index (χ1) is 9.11. The van der Waals surface area contributed by atoms with Gasteiger partial charge in [0.15, 0.2) is 0 Å². The van der Waals surface area contributed by atoms with E-state index in [1.807, 2.05) is 0 Å². The Morgan fingerprint density at radius 2 is 1.68 bits per heavy atom. The van der Waals surface area contributed by atoms with Gasteiger partial charge in [0, 0.05) is 30.3 Å². The molecule has 4 aliphatic rings.